The molecule has 17 heavy (non-hydrogen) atoms. The maximum absolute atomic E-state index is 11.9. The third-order valence-electron chi connectivity index (χ3n) is 2.56. The van der Waals surface area contributed by atoms with E-state index in [4.69, 9.17) is 0 Å². The number of para-hydroxylation sites is 2. The molecule has 0 radical (unpaired) electrons. The molecule has 2 heterocycles. The highest BCUT2D eigenvalue weighted by Crippen LogP contribution is 2.16. The van der Waals surface area contributed by atoms with E-state index in [0.29, 0.717) is 4.60 Å². The summed E-state index contributed by atoms with van der Waals surface area (Å²) in [4.78, 5) is 18.8. The number of rotatable bonds is 1. The molecule has 84 valence electrons. The van der Waals surface area contributed by atoms with Crippen molar-refractivity contribution < 1.29 is 0 Å². The highest BCUT2D eigenvalue weighted by molar-refractivity contribution is 9.10. The van der Waals surface area contributed by atoms with Gasteiger partial charge >= 0.3 is 5.69 Å². The first-order chi connectivity index (χ1) is 8.25. The molecule has 4 nitrogen and oxygen atoms in total. The smallest absolute Gasteiger partial charge is 0.305 e. The second kappa shape index (κ2) is 3.85. The van der Waals surface area contributed by atoms with Crippen molar-refractivity contribution in [2.45, 2.75) is 0 Å². The molecular weight excluding hydrogens is 282 g/mol. The molecule has 0 aliphatic heterocycles. The molecule has 0 unspecified atom stereocenters. The Morgan fingerprint density at radius 1 is 1.24 bits per heavy atom. The van der Waals surface area contributed by atoms with Gasteiger partial charge in [0.25, 0.3) is 0 Å². The molecule has 0 aliphatic rings. The van der Waals surface area contributed by atoms with Gasteiger partial charge in [-0.05, 0) is 40.2 Å². The largest absolute Gasteiger partial charge is 0.331 e. The Bertz CT molecular complexity index is 745. The standard InChI is InChI=1S/C12H8BrN3O/c13-11-7-8(5-6-14-11)16-10-4-2-1-3-9(10)15-12(16)17/h1-7H,(H,15,17). The van der Waals surface area contributed by atoms with E-state index in [9.17, 15) is 4.79 Å². The Morgan fingerprint density at radius 2 is 2.06 bits per heavy atom. The molecule has 0 bridgehead atoms. The van der Waals surface area contributed by atoms with Crippen LogP contribution in [0.25, 0.3) is 16.7 Å². The molecule has 0 aliphatic carbocycles. The molecule has 1 N–H and O–H groups in total. The van der Waals surface area contributed by atoms with E-state index >= 15 is 0 Å². The summed E-state index contributed by atoms with van der Waals surface area (Å²) in [5, 5.41) is 0. The predicted molar refractivity (Wildman–Crippen MR) is 69.4 cm³/mol. The van der Waals surface area contributed by atoms with Crippen molar-refractivity contribution >= 4 is 27.0 Å². The van der Waals surface area contributed by atoms with Gasteiger partial charge in [-0.1, -0.05) is 12.1 Å². The molecule has 0 saturated carbocycles. The summed E-state index contributed by atoms with van der Waals surface area (Å²) in [7, 11) is 0. The van der Waals surface area contributed by atoms with Crippen molar-refractivity contribution in [3.05, 3.63) is 57.7 Å². The van der Waals surface area contributed by atoms with E-state index < -0.39 is 0 Å². The fraction of sp³-hybridized carbons (Fsp3) is 0. The Kier molecular flexibility index (Phi) is 2.33. The lowest BCUT2D eigenvalue weighted by atomic mass is 10.3. The van der Waals surface area contributed by atoms with E-state index in [1.807, 2.05) is 30.3 Å². The second-order valence-corrected chi connectivity index (χ2v) is 4.43. The Morgan fingerprint density at radius 3 is 2.88 bits per heavy atom. The molecular formula is C12H8BrN3O. The van der Waals surface area contributed by atoms with Crippen LogP contribution in [0.3, 0.4) is 0 Å². The van der Waals surface area contributed by atoms with Crippen LogP contribution in [0, 0.1) is 0 Å². The number of nitrogens with zero attached hydrogens (tertiary/aromatic N) is 2. The fourth-order valence-corrected chi connectivity index (χ4v) is 2.20. The van der Waals surface area contributed by atoms with Gasteiger partial charge in [-0.3, -0.25) is 4.57 Å². The summed E-state index contributed by atoms with van der Waals surface area (Å²) in [5.74, 6) is 0. The lowest BCUT2D eigenvalue weighted by Crippen LogP contribution is -2.14. The van der Waals surface area contributed by atoms with Crippen LogP contribution in [0.4, 0.5) is 0 Å². The summed E-state index contributed by atoms with van der Waals surface area (Å²) in [6.45, 7) is 0. The molecule has 1 aromatic carbocycles. The van der Waals surface area contributed by atoms with Crippen LogP contribution in [-0.2, 0) is 0 Å². The fourth-order valence-electron chi connectivity index (χ4n) is 1.84. The van der Waals surface area contributed by atoms with Crippen molar-refractivity contribution in [2.24, 2.45) is 0 Å². The molecule has 0 atom stereocenters. The van der Waals surface area contributed by atoms with Gasteiger partial charge in [0, 0.05) is 6.20 Å². The lowest BCUT2D eigenvalue weighted by molar-refractivity contribution is 1.01. The normalized spacial score (nSPS) is 10.9. The van der Waals surface area contributed by atoms with E-state index in [-0.39, 0.29) is 5.69 Å². The number of halogens is 1. The number of aromatic nitrogens is 3. The molecule has 3 rings (SSSR count). The zero-order chi connectivity index (χ0) is 11.8. The summed E-state index contributed by atoms with van der Waals surface area (Å²) >= 11 is 3.30. The Balaban J connectivity index is 2.37. The average molecular weight is 290 g/mol. The molecule has 2 aromatic heterocycles. The van der Waals surface area contributed by atoms with Crippen LogP contribution >= 0.6 is 15.9 Å². The third kappa shape index (κ3) is 1.68. The van der Waals surface area contributed by atoms with Gasteiger partial charge in [0.05, 0.1) is 16.7 Å². The van der Waals surface area contributed by atoms with Gasteiger partial charge < -0.3 is 4.98 Å². The van der Waals surface area contributed by atoms with Crippen molar-refractivity contribution in [3.63, 3.8) is 0 Å². The average Bonchev–Trinajstić information content (AvgIpc) is 2.64. The minimum Gasteiger partial charge on any atom is -0.305 e. The van der Waals surface area contributed by atoms with E-state index in [2.05, 4.69) is 25.9 Å². The second-order valence-electron chi connectivity index (χ2n) is 3.62. The summed E-state index contributed by atoms with van der Waals surface area (Å²) in [6, 6.07) is 11.2. The number of hydrogen-bond acceptors (Lipinski definition) is 2. The first kappa shape index (κ1) is 10.3. The lowest BCUT2D eigenvalue weighted by Gasteiger charge is -2.02. The number of aromatic amines is 1. The molecule has 0 fully saturated rings. The summed E-state index contributed by atoms with van der Waals surface area (Å²) < 4.78 is 2.33. The van der Waals surface area contributed by atoms with Gasteiger partial charge in [-0.15, -0.1) is 0 Å². The van der Waals surface area contributed by atoms with Crippen LogP contribution in [0.5, 0.6) is 0 Å². The van der Waals surface area contributed by atoms with Gasteiger partial charge in [-0.25, -0.2) is 9.78 Å². The van der Waals surface area contributed by atoms with Crippen LogP contribution < -0.4 is 5.69 Å². The molecule has 0 saturated heterocycles. The van der Waals surface area contributed by atoms with Gasteiger partial charge in [0.15, 0.2) is 0 Å². The zero-order valence-corrected chi connectivity index (χ0v) is 10.3. The van der Waals surface area contributed by atoms with E-state index in [1.165, 1.54) is 0 Å². The number of H-pyrrole nitrogens is 1. The quantitative estimate of drug-likeness (QED) is 0.700. The molecule has 0 amide bonds. The number of pyridine rings is 1. The predicted octanol–water partition coefficient (Wildman–Crippen LogP) is 2.48. The van der Waals surface area contributed by atoms with Gasteiger partial charge in [0.1, 0.15) is 4.60 Å². The SMILES string of the molecule is O=c1[nH]c2ccccc2n1-c1ccnc(Br)c1. The molecule has 5 heteroatoms. The Labute approximate surface area is 105 Å². The van der Waals surface area contributed by atoms with Gasteiger partial charge in [-0.2, -0.15) is 0 Å². The van der Waals surface area contributed by atoms with Crippen LogP contribution in [-0.4, -0.2) is 14.5 Å². The van der Waals surface area contributed by atoms with Crippen molar-refractivity contribution in [3.8, 4) is 5.69 Å². The monoisotopic (exact) mass is 289 g/mol. The highest BCUT2D eigenvalue weighted by Gasteiger charge is 2.07. The summed E-state index contributed by atoms with van der Waals surface area (Å²) in [5.41, 5.74) is 2.32. The number of imidazole rings is 1. The minimum atomic E-state index is -0.149. The topological polar surface area (TPSA) is 50.7 Å². The van der Waals surface area contributed by atoms with Crippen LogP contribution in [0.2, 0.25) is 0 Å². The maximum Gasteiger partial charge on any atom is 0.331 e. The minimum absolute atomic E-state index is 0.149. The van der Waals surface area contributed by atoms with E-state index in [0.717, 1.165) is 16.7 Å². The number of benzene rings is 1. The number of fused-ring (bicyclic) bond motifs is 1. The van der Waals surface area contributed by atoms with Crippen molar-refractivity contribution in [2.75, 3.05) is 0 Å². The molecule has 3 aromatic rings. The van der Waals surface area contributed by atoms with Crippen LogP contribution in [0.15, 0.2) is 52.0 Å². The van der Waals surface area contributed by atoms with E-state index in [1.54, 1.807) is 16.8 Å². The van der Waals surface area contributed by atoms with Crippen molar-refractivity contribution in [1.29, 1.82) is 0 Å². The third-order valence-corrected chi connectivity index (χ3v) is 2.99. The first-order valence-corrected chi connectivity index (χ1v) is 5.87. The zero-order valence-electron chi connectivity index (χ0n) is 8.72. The number of nitrogens with one attached hydrogen (secondary N) is 1. The molecule has 0 spiro atoms. The Hall–Kier alpha value is -1.88. The van der Waals surface area contributed by atoms with Gasteiger partial charge in [0.2, 0.25) is 0 Å². The number of hydrogen-bond donors (Lipinski definition) is 1. The first-order valence-electron chi connectivity index (χ1n) is 5.07. The highest BCUT2D eigenvalue weighted by atomic mass is 79.9. The van der Waals surface area contributed by atoms with Crippen LogP contribution in [0.1, 0.15) is 0 Å². The van der Waals surface area contributed by atoms with Crippen molar-refractivity contribution in [1.82, 2.24) is 14.5 Å². The maximum atomic E-state index is 11.9. The summed E-state index contributed by atoms with van der Waals surface area (Å²) in [6.07, 6.45) is 1.66.